The highest BCUT2D eigenvalue weighted by Gasteiger charge is 2.43. The molecule has 0 unspecified atom stereocenters. The van der Waals surface area contributed by atoms with Crippen LogP contribution in [0.15, 0.2) is 36.9 Å². The lowest BCUT2D eigenvalue weighted by molar-refractivity contribution is -0.151. The number of amides is 1. The van der Waals surface area contributed by atoms with Crippen molar-refractivity contribution in [1.82, 2.24) is 15.1 Å². The van der Waals surface area contributed by atoms with Gasteiger partial charge in [0.05, 0.1) is 10.9 Å². The summed E-state index contributed by atoms with van der Waals surface area (Å²) in [6.45, 7) is 4.40. The molecule has 1 aliphatic heterocycles. The fraction of sp³-hybridized carbons (Fsp3) is 0.353. The number of aromatic nitrogens is 2. The lowest BCUT2D eigenvalue weighted by Gasteiger charge is -2.39. The van der Waals surface area contributed by atoms with Crippen LogP contribution in [0.2, 0.25) is 0 Å². The molecule has 1 aliphatic rings. The number of allylic oxidation sites excluding steroid dienone is 1. The molecule has 1 aromatic heterocycles. The normalized spacial score (nSPS) is 21.3. The van der Waals surface area contributed by atoms with Crippen molar-refractivity contribution in [2.45, 2.75) is 19.3 Å². The number of aromatic amines is 1. The monoisotopic (exact) mass is 313 g/mol. The van der Waals surface area contributed by atoms with Gasteiger partial charge in [0.2, 0.25) is 0 Å². The molecule has 0 aliphatic carbocycles. The topological polar surface area (TPSA) is 86.3 Å². The summed E-state index contributed by atoms with van der Waals surface area (Å²) in [6, 6.07) is 7.41. The van der Waals surface area contributed by atoms with Crippen LogP contribution < -0.4 is 0 Å². The summed E-state index contributed by atoms with van der Waals surface area (Å²) in [7, 11) is 0. The lowest BCUT2D eigenvalue weighted by atomic mass is 9.77. The summed E-state index contributed by atoms with van der Waals surface area (Å²) in [5.41, 5.74) is 0.200. The van der Waals surface area contributed by atoms with Gasteiger partial charge < -0.3 is 10.0 Å². The first kappa shape index (κ1) is 15.3. The Morgan fingerprint density at radius 2 is 2.22 bits per heavy atom. The number of rotatable bonds is 4. The minimum atomic E-state index is -0.943. The summed E-state index contributed by atoms with van der Waals surface area (Å²) in [5, 5.41) is 17.3. The largest absolute Gasteiger partial charge is 0.481 e. The molecule has 120 valence electrons. The number of carboxylic acid groups (broad SMARTS) is 1. The third-order valence-electron chi connectivity index (χ3n) is 4.53. The van der Waals surface area contributed by atoms with Crippen molar-refractivity contribution in [3.8, 4) is 0 Å². The van der Waals surface area contributed by atoms with Crippen LogP contribution in [-0.4, -0.2) is 45.2 Å². The third-order valence-corrected chi connectivity index (χ3v) is 4.53. The van der Waals surface area contributed by atoms with E-state index in [0.717, 1.165) is 10.9 Å². The van der Waals surface area contributed by atoms with Crippen molar-refractivity contribution in [3.63, 3.8) is 0 Å². The first-order chi connectivity index (χ1) is 11.1. The van der Waals surface area contributed by atoms with Crippen molar-refractivity contribution < 1.29 is 14.7 Å². The van der Waals surface area contributed by atoms with E-state index < -0.39 is 11.4 Å². The summed E-state index contributed by atoms with van der Waals surface area (Å²) in [4.78, 5) is 26.1. The van der Waals surface area contributed by atoms with Crippen LogP contribution in [0.3, 0.4) is 0 Å². The molecule has 0 spiro atoms. The fourth-order valence-corrected chi connectivity index (χ4v) is 3.29. The molecular formula is C17H19N3O3. The number of piperidine rings is 1. The number of carbonyl (C=O) groups excluding carboxylic acids is 1. The van der Waals surface area contributed by atoms with Crippen LogP contribution >= 0.6 is 0 Å². The van der Waals surface area contributed by atoms with Crippen LogP contribution in [-0.2, 0) is 4.79 Å². The molecule has 23 heavy (non-hydrogen) atoms. The second-order valence-corrected chi connectivity index (χ2v) is 6.03. The molecule has 0 radical (unpaired) electrons. The Hall–Kier alpha value is -2.63. The van der Waals surface area contributed by atoms with Crippen LogP contribution in [0.5, 0.6) is 0 Å². The first-order valence-corrected chi connectivity index (χ1v) is 7.64. The third kappa shape index (κ3) is 2.60. The van der Waals surface area contributed by atoms with Gasteiger partial charge in [-0.1, -0.05) is 24.3 Å². The number of benzene rings is 1. The lowest BCUT2D eigenvalue weighted by Crippen LogP contribution is -2.49. The Kier molecular flexibility index (Phi) is 3.90. The van der Waals surface area contributed by atoms with Crippen LogP contribution in [0.25, 0.3) is 10.9 Å². The van der Waals surface area contributed by atoms with Gasteiger partial charge in [0.15, 0.2) is 5.69 Å². The van der Waals surface area contributed by atoms with Crippen LogP contribution in [0.1, 0.15) is 29.8 Å². The van der Waals surface area contributed by atoms with E-state index in [0.29, 0.717) is 31.5 Å². The number of aliphatic carboxylic acids is 1. The summed E-state index contributed by atoms with van der Waals surface area (Å²) >= 11 is 0. The quantitative estimate of drug-likeness (QED) is 0.849. The number of carboxylic acids is 1. The molecule has 2 heterocycles. The Morgan fingerprint density at radius 1 is 1.43 bits per heavy atom. The maximum Gasteiger partial charge on any atom is 0.311 e. The van der Waals surface area contributed by atoms with Crippen molar-refractivity contribution in [2.75, 3.05) is 13.1 Å². The predicted octanol–water partition coefficient (Wildman–Crippen LogP) is 2.45. The van der Waals surface area contributed by atoms with E-state index in [4.69, 9.17) is 0 Å². The molecule has 0 saturated carbocycles. The van der Waals surface area contributed by atoms with Gasteiger partial charge in [-0.05, 0) is 25.3 Å². The van der Waals surface area contributed by atoms with Gasteiger partial charge in [0.1, 0.15) is 0 Å². The van der Waals surface area contributed by atoms with Gasteiger partial charge in [0.25, 0.3) is 5.91 Å². The molecule has 2 aromatic rings. The second-order valence-electron chi connectivity index (χ2n) is 6.03. The van der Waals surface area contributed by atoms with Crippen molar-refractivity contribution in [3.05, 3.63) is 42.6 Å². The molecule has 2 N–H and O–H groups in total. The van der Waals surface area contributed by atoms with Crippen molar-refractivity contribution in [2.24, 2.45) is 5.41 Å². The van der Waals surface area contributed by atoms with Gasteiger partial charge in [0, 0.05) is 18.5 Å². The van der Waals surface area contributed by atoms with E-state index >= 15 is 0 Å². The zero-order valence-corrected chi connectivity index (χ0v) is 12.8. The van der Waals surface area contributed by atoms with Crippen LogP contribution in [0.4, 0.5) is 0 Å². The van der Waals surface area contributed by atoms with E-state index in [9.17, 15) is 14.7 Å². The Morgan fingerprint density at radius 3 is 2.96 bits per heavy atom. The van der Waals surface area contributed by atoms with Crippen molar-refractivity contribution >= 4 is 22.8 Å². The minimum absolute atomic E-state index is 0.189. The number of para-hydroxylation sites is 1. The first-order valence-electron chi connectivity index (χ1n) is 7.64. The number of nitrogens with zero attached hydrogens (tertiary/aromatic N) is 2. The standard InChI is InChI=1S/C17H19N3O3/c1-2-8-17(16(22)23)9-5-10-20(11-17)15(21)14-12-6-3-4-7-13(12)18-19-14/h2-4,6-7H,1,5,8-11H2,(H,18,19)(H,22,23)/t17-/m0/s1. The highest BCUT2D eigenvalue weighted by molar-refractivity contribution is 6.04. The zero-order chi connectivity index (χ0) is 16.4. The summed E-state index contributed by atoms with van der Waals surface area (Å²) in [6.07, 6.45) is 3.19. The maximum absolute atomic E-state index is 12.8. The molecule has 1 aromatic carbocycles. The van der Waals surface area contributed by atoms with Crippen LogP contribution in [0, 0.1) is 5.41 Å². The minimum Gasteiger partial charge on any atom is -0.481 e. The molecule has 6 nitrogen and oxygen atoms in total. The molecule has 1 fully saturated rings. The zero-order valence-electron chi connectivity index (χ0n) is 12.8. The molecule has 1 saturated heterocycles. The Labute approximate surface area is 133 Å². The number of likely N-dealkylation sites (tertiary alicyclic amines) is 1. The average Bonchev–Trinajstić information content (AvgIpc) is 2.98. The van der Waals surface area contributed by atoms with Gasteiger partial charge in [-0.25, -0.2) is 0 Å². The van der Waals surface area contributed by atoms with E-state index in [1.165, 1.54) is 0 Å². The summed E-state index contributed by atoms with van der Waals surface area (Å²) in [5.74, 6) is -1.10. The number of H-pyrrole nitrogens is 1. The summed E-state index contributed by atoms with van der Waals surface area (Å²) < 4.78 is 0. The molecular weight excluding hydrogens is 294 g/mol. The maximum atomic E-state index is 12.8. The molecule has 1 atom stereocenters. The van der Waals surface area contributed by atoms with Gasteiger partial charge in [-0.2, -0.15) is 5.10 Å². The fourth-order valence-electron chi connectivity index (χ4n) is 3.29. The number of carbonyl (C=O) groups is 2. The number of hydrogen-bond acceptors (Lipinski definition) is 3. The number of hydrogen-bond donors (Lipinski definition) is 2. The SMILES string of the molecule is C=CC[C@]1(C(=O)O)CCCN(C(=O)c2n[nH]c3ccccc23)C1. The Bertz CT molecular complexity index is 767. The number of nitrogens with one attached hydrogen (secondary N) is 1. The van der Waals surface area contributed by atoms with Gasteiger partial charge in [-0.15, -0.1) is 6.58 Å². The number of fused-ring (bicyclic) bond motifs is 1. The van der Waals surface area contributed by atoms with Gasteiger partial charge in [-0.3, -0.25) is 14.7 Å². The highest BCUT2D eigenvalue weighted by atomic mass is 16.4. The molecule has 0 bridgehead atoms. The van der Waals surface area contributed by atoms with E-state index in [1.807, 2.05) is 24.3 Å². The average molecular weight is 313 g/mol. The highest BCUT2D eigenvalue weighted by Crippen LogP contribution is 2.35. The molecule has 6 heteroatoms. The van der Waals surface area contributed by atoms with E-state index in [1.54, 1.807) is 11.0 Å². The van der Waals surface area contributed by atoms with Gasteiger partial charge >= 0.3 is 5.97 Å². The Balaban J connectivity index is 1.90. The smallest absolute Gasteiger partial charge is 0.311 e. The molecule has 1 amide bonds. The predicted molar refractivity (Wildman–Crippen MR) is 86.1 cm³/mol. The molecule has 3 rings (SSSR count). The van der Waals surface area contributed by atoms with Crippen molar-refractivity contribution in [1.29, 1.82) is 0 Å². The van der Waals surface area contributed by atoms with E-state index in [-0.39, 0.29) is 12.5 Å². The second kappa shape index (κ2) is 5.87. The van der Waals surface area contributed by atoms with E-state index in [2.05, 4.69) is 16.8 Å².